The molecule has 0 aliphatic heterocycles. The van der Waals surface area contributed by atoms with Crippen molar-refractivity contribution < 1.29 is 14.3 Å². The maximum atomic E-state index is 12.7. The normalized spacial score (nSPS) is 11.8. The number of rotatable bonds is 13. The zero-order valence-electron chi connectivity index (χ0n) is 21.0. The highest BCUT2D eigenvalue weighted by Crippen LogP contribution is 2.34. The van der Waals surface area contributed by atoms with E-state index >= 15 is 0 Å². The molecule has 34 heavy (non-hydrogen) atoms. The van der Waals surface area contributed by atoms with Crippen molar-refractivity contribution in [2.24, 2.45) is 28.5 Å². The predicted molar refractivity (Wildman–Crippen MR) is 140 cm³/mol. The second-order valence-corrected chi connectivity index (χ2v) is 9.08. The van der Waals surface area contributed by atoms with Gasteiger partial charge in [0.15, 0.2) is 5.84 Å². The number of nitrogens with two attached hydrogens (primary N) is 2. The van der Waals surface area contributed by atoms with E-state index in [1.165, 1.54) is 0 Å². The molecular formula is C26H39N5O3. The molecule has 0 aromatic heterocycles. The number of carbonyl (C=O) groups excluding carboxylic acids is 1. The summed E-state index contributed by atoms with van der Waals surface area (Å²) in [6.45, 7) is 11.2. The van der Waals surface area contributed by atoms with Gasteiger partial charge in [-0.05, 0) is 35.1 Å². The molecule has 5 N–H and O–H groups in total. The van der Waals surface area contributed by atoms with Gasteiger partial charge in [0.2, 0.25) is 5.91 Å². The summed E-state index contributed by atoms with van der Waals surface area (Å²) in [5, 5.41) is 6.72. The molecule has 2 rings (SSSR count). The molecule has 0 aliphatic carbocycles. The number of nitrogens with zero attached hydrogens (tertiary/aromatic N) is 2. The summed E-state index contributed by atoms with van der Waals surface area (Å²) >= 11 is 0. The van der Waals surface area contributed by atoms with Crippen LogP contribution < -0.4 is 21.8 Å². The number of ether oxygens (including phenoxy) is 2. The van der Waals surface area contributed by atoms with Gasteiger partial charge in [-0.15, -0.1) is 0 Å². The summed E-state index contributed by atoms with van der Waals surface area (Å²) in [7, 11) is 1.60. The second-order valence-electron chi connectivity index (χ2n) is 9.08. The molecular weight excluding hydrogens is 430 g/mol. The molecule has 0 unspecified atom stereocenters. The molecule has 0 saturated heterocycles. The fraction of sp³-hybridized carbons (Fsp3) is 0.462. The highest BCUT2D eigenvalue weighted by Gasteiger charge is 2.18. The molecule has 0 bridgehead atoms. The van der Waals surface area contributed by atoms with Gasteiger partial charge >= 0.3 is 0 Å². The molecule has 0 radical (unpaired) electrons. The van der Waals surface area contributed by atoms with Crippen LogP contribution in [0.5, 0.6) is 0 Å². The number of amides is 1. The molecule has 0 fully saturated rings. The van der Waals surface area contributed by atoms with Gasteiger partial charge in [-0.3, -0.25) is 4.79 Å². The Bertz CT molecular complexity index is 949. The van der Waals surface area contributed by atoms with Gasteiger partial charge in [0.05, 0.1) is 24.6 Å². The van der Waals surface area contributed by atoms with Gasteiger partial charge in [-0.1, -0.05) is 58.0 Å². The van der Waals surface area contributed by atoms with Crippen LogP contribution in [0.3, 0.4) is 0 Å². The Morgan fingerprint density at radius 1 is 1.06 bits per heavy atom. The van der Waals surface area contributed by atoms with E-state index in [4.69, 9.17) is 21.1 Å². The van der Waals surface area contributed by atoms with Gasteiger partial charge in [0.25, 0.3) is 0 Å². The topological polar surface area (TPSA) is 115 Å². The second kappa shape index (κ2) is 13.6. The molecule has 1 amide bonds. The average Bonchev–Trinajstić information content (AvgIpc) is 2.80. The van der Waals surface area contributed by atoms with E-state index in [9.17, 15) is 4.79 Å². The van der Waals surface area contributed by atoms with E-state index in [1.54, 1.807) is 7.11 Å². The molecule has 2 aromatic rings. The van der Waals surface area contributed by atoms with Gasteiger partial charge in [0.1, 0.15) is 6.61 Å². The number of hydrazone groups is 1. The SMILES string of the molecule is COCCOCC(=O)Nc1cc(-c2ccccc2/C(N)=N/N)ccc1N(CC(C)C)CC(C)C. The van der Waals surface area contributed by atoms with Gasteiger partial charge in [-0.25, -0.2) is 0 Å². The maximum absolute atomic E-state index is 12.7. The molecule has 8 heteroatoms. The zero-order valence-corrected chi connectivity index (χ0v) is 21.0. The standard InChI is InChI=1S/C26H39N5O3/c1-18(2)15-31(16-19(3)4)24-11-10-20(21-8-6-7-9-22(21)26(27)30-28)14-23(24)29-25(32)17-34-13-12-33-5/h6-11,14,18-19H,12-13,15-17,28H2,1-5H3,(H2,27,30)(H,29,32). The molecule has 8 nitrogen and oxygen atoms in total. The van der Waals surface area contributed by atoms with Crippen LogP contribution in [0.2, 0.25) is 0 Å². The van der Waals surface area contributed by atoms with Gasteiger partial charge < -0.3 is 31.3 Å². The van der Waals surface area contributed by atoms with Crippen LogP contribution in [0.25, 0.3) is 11.1 Å². The molecule has 186 valence electrons. The number of nitrogens with one attached hydrogen (secondary N) is 1. The zero-order chi connectivity index (χ0) is 25.1. The quantitative estimate of drug-likeness (QED) is 0.136. The third-order valence-electron chi connectivity index (χ3n) is 5.10. The van der Waals surface area contributed by atoms with Gasteiger partial charge in [-0.2, -0.15) is 5.10 Å². The lowest BCUT2D eigenvalue weighted by atomic mass is 9.97. The number of amidine groups is 1. The fourth-order valence-corrected chi connectivity index (χ4v) is 3.75. The van der Waals surface area contributed by atoms with Crippen molar-refractivity contribution in [2.75, 3.05) is 50.2 Å². The van der Waals surface area contributed by atoms with Crippen molar-refractivity contribution in [1.29, 1.82) is 0 Å². The van der Waals surface area contributed by atoms with Crippen LogP contribution in [0, 0.1) is 11.8 Å². The summed E-state index contributed by atoms with van der Waals surface area (Å²) in [6, 6.07) is 13.7. The number of methoxy groups -OCH3 is 1. The molecule has 0 saturated carbocycles. The minimum atomic E-state index is -0.222. The average molecular weight is 470 g/mol. The van der Waals surface area contributed by atoms with Crippen molar-refractivity contribution in [3.63, 3.8) is 0 Å². The number of hydrogen-bond donors (Lipinski definition) is 3. The lowest BCUT2D eigenvalue weighted by Gasteiger charge is -2.31. The van der Waals surface area contributed by atoms with Crippen LogP contribution in [0.4, 0.5) is 11.4 Å². The summed E-state index contributed by atoms with van der Waals surface area (Å²) in [6.07, 6.45) is 0. The minimum Gasteiger partial charge on any atom is -0.382 e. The van der Waals surface area contributed by atoms with Crippen molar-refractivity contribution >= 4 is 23.1 Å². The van der Waals surface area contributed by atoms with E-state index in [0.717, 1.165) is 41.2 Å². The Balaban J connectivity index is 2.49. The van der Waals surface area contributed by atoms with E-state index in [1.807, 2.05) is 42.5 Å². The van der Waals surface area contributed by atoms with Crippen molar-refractivity contribution in [2.45, 2.75) is 27.7 Å². The molecule has 0 atom stereocenters. The summed E-state index contributed by atoms with van der Waals surface area (Å²) in [4.78, 5) is 15.0. The Labute approximate surface area is 203 Å². The van der Waals surface area contributed by atoms with Crippen LogP contribution in [-0.2, 0) is 14.3 Å². The minimum absolute atomic E-state index is 0.0508. The van der Waals surface area contributed by atoms with Crippen molar-refractivity contribution in [3.8, 4) is 11.1 Å². The van der Waals surface area contributed by atoms with Crippen LogP contribution in [0.15, 0.2) is 47.6 Å². The Morgan fingerprint density at radius 3 is 2.35 bits per heavy atom. The lowest BCUT2D eigenvalue weighted by molar-refractivity contribution is -0.121. The van der Waals surface area contributed by atoms with E-state index in [-0.39, 0.29) is 18.3 Å². The molecule has 0 aliphatic rings. The Kier molecular flexibility index (Phi) is 10.8. The van der Waals surface area contributed by atoms with Crippen molar-refractivity contribution in [1.82, 2.24) is 0 Å². The monoisotopic (exact) mass is 469 g/mol. The number of hydrogen-bond acceptors (Lipinski definition) is 6. The van der Waals surface area contributed by atoms with Crippen LogP contribution >= 0.6 is 0 Å². The van der Waals surface area contributed by atoms with Crippen LogP contribution in [0.1, 0.15) is 33.3 Å². The largest absolute Gasteiger partial charge is 0.382 e. The first-order valence-electron chi connectivity index (χ1n) is 11.6. The molecule has 0 spiro atoms. The first-order chi connectivity index (χ1) is 16.3. The maximum Gasteiger partial charge on any atom is 0.250 e. The number of anilines is 2. The molecule has 2 aromatic carbocycles. The summed E-state index contributed by atoms with van der Waals surface area (Å²) < 4.78 is 10.4. The van der Waals surface area contributed by atoms with Gasteiger partial charge in [0, 0.05) is 25.8 Å². The first kappa shape index (κ1) is 27.1. The number of benzene rings is 2. The third-order valence-corrected chi connectivity index (χ3v) is 5.10. The third kappa shape index (κ3) is 8.04. The van der Waals surface area contributed by atoms with E-state index < -0.39 is 0 Å². The Morgan fingerprint density at radius 2 is 1.74 bits per heavy atom. The fourth-order valence-electron chi connectivity index (χ4n) is 3.75. The van der Waals surface area contributed by atoms with E-state index in [2.05, 4.69) is 43.0 Å². The lowest BCUT2D eigenvalue weighted by Crippen LogP contribution is -2.32. The highest BCUT2D eigenvalue weighted by atomic mass is 16.5. The highest BCUT2D eigenvalue weighted by molar-refractivity contribution is 6.04. The number of carbonyl (C=O) groups is 1. The summed E-state index contributed by atoms with van der Waals surface area (Å²) in [5.41, 5.74) is 10.2. The van der Waals surface area contributed by atoms with Crippen LogP contribution in [-0.4, -0.2) is 51.8 Å². The van der Waals surface area contributed by atoms with Crippen molar-refractivity contribution in [3.05, 3.63) is 48.0 Å². The predicted octanol–water partition coefficient (Wildman–Crippen LogP) is 3.65. The Hall–Kier alpha value is -3.10. The molecule has 0 heterocycles. The smallest absolute Gasteiger partial charge is 0.250 e. The summed E-state index contributed by atoms with van der Waals surface area (Å²) in [5.74, 6) is 6.39. The van der Waals surface area contributed by atoms with E-state index in [0.29, 0.717) is 25.0 Å². The first-order valence-corrected chi connectivity index (χ1v) is 11.6.